The van der Waals surface area contributed by atoms with E-state index in [0.717, 1.165) is 31.2 Å². The maximum atomic E-state index is 11.8. The molecule has 0 aliphatic carbocycles. The molecule has 1 heterocycles. The van der Waals surface area contributed by atoms with E-state index in [9.17, 15) is 9.59 Å². The fourth-order valence-electron chi connectivity index (χ4n) is 2.48. The van der Waals surface area contributed by atoms with E-state index in [2.05, 4.69) is 21.1 Å². The van der Waals surface area contributed by atoms with Gasteiger partial charge in [-0.1, -0.05) is 18.2 Å². The Labute approximate surface area is 135 Å². The van der Waals surface area contributed by atoms with Crippen LogP contribution in [0.5, 0.6) is 0 Å². The summed E-state index contributed by atoms with van der Waals surface area (Å²) >= 11 is 0. The average Bonchev–Trinajstić information content (AvgIpc) is 2.95. The number of rotatable bonds is 9. The zero-order chi connectivity index (χ0) is 16.5. The van der Waals surface area contributed by atoms with Gasteiger partial charge < -0.3 is 20.8 Å². The number of aromatic amines is 1. The SMILES string of the molecule is NC(=O)OCCCCCNC(=O)CCc1c[nH]c2ccccc12. The summed E-state index contributed by atoms with van der Waals surface area (Å²) in [6.45, 7) is 0.979. The number of carbonyl (C=O) groups is 2. The van der Waals surface area contributed by atoms with E-state index < -0.39 is 6.09 Å². The van der Waals surface area contributed by atoms with Crippen LogP contribution in [0.3, 0.4) is 0 Å². The van der Waals surface area contributed by atoms with E-state index in [1.165, 1.54) is 10.9 Å². The van der Waals surface area contributed by atoms with Crippen molar-refractivity contribution < 1.29 is 14.3 Å². The Bertz CT molecular complexity index is 651. The Morgan fingerprint density at radius 1 is 1.17 bits per heavy atom. The smallest absolute Gasteiger partial charge is 0.404 e. The molecular weight excluding hydrogens is 294 g/mol. The first-order valence-electron chi connectivity index (χ1n) is 7.91. The van der Waals surface area contributed by atoms with E-state index in [0.29, 0.717) is 19.6 Å². The van der Waals surface area contributed by atoms with Crippen LogP contribution in [0.15, 0.2) is 30.5 Å². The number of amides is 2. The Morgan fingerprint density at radius 2 is 2.00 bits per heavy atom. The highest BCUT2D eigenvalue weighted by molar-refractivity contribution is 5.84. The van der Waals surface area contributed by atoms with Crippen LogP contribution in [0.2, 0.25) is 0 Å². The summed E-state index contributed by atoms with van der Waals surface area (Å²) in [6, 6.07) is 8.08. The van der Waals surface area contributed by atoms with Crippen LogP contribution >= 0.6 is 0 Å². The molecule has 0 unspecified atom stereocenters. The van der Waals surface area contributed by atoms with Gasteiger partial charge in [-0.3, -0.25) is 4.79 Å². The topological polar surface area (TPSA) is 97.2 Å². The molecule has 0 atom stereocenters. The van der Waals surface area contributed by atoms with Gasteiger partial charge in [-0.15, -0.1) is 0 Å². The molecule has 124 valence electrons. The molecule has 0 saturated heterocycles. The monoisotopic (exact) mass is 317 g/mol. The van der Waals surface area contributed by atoms with Crippen LogP contribution in [0, 0.1) is 0 Å². The minimum Gasteiger partial charge on any atom is -0.450 e. The molecule has 0 spiro atoms. The van der Waals surface area contributed by atoms with E-state index >= 15 is 0 Å². The van der Waals surface area contributed by atoms with Crippen LogP contribution in [0.4, 0.5) is 4.79 Å². The third-order valence-corrected chi connectivity index (χ3v) is 3.68. The average molecular weight is 317 g/mol. The second kappa shape index (κ2) is 8.82. The van der Waals surface area contributed by atoms with Gasteiger partial charge in [0, 0.05) is 30.1 Å². The van der Waals surface area contributed by atoms with Crippen molar-refractivity contribution >= 4 is 22.9 Å². The summed E-state index contributed by atoms with van der Waals surface area (Å²) in [5.41, 5.74) is 7.13. The fraction of sp³-hybridized carbons (Fsp3) is 0.412. The number of aromatic nitrogens is 1. The number of para-hydroxylation sites is 1. The van der Waals surface area contributed by atoms with Gasteiger partial charge in [0.2, 0.25) is 5.91 Å². The van der Waals surface area contributed by atoms with E-state index in [1.54, 1.807) is 0 Å². The lowest BCUT2D eigenvalue weighted by molar-refractivity contribution is -0.121. The number of benzene rings is 1. The normalized spacial score (nSPS) is 10.6. The molecular formula is C17H23N3O3. The Hall–Kier alpha value is -2.50. The minimum absolute atomic E-state index is 0.0590. The van der Waals surface area contributed by atoms with Crippen molar-refractivity contribution in [3.8, 4) is 0 Å². The maximum Gasteiger partial charge on any atom is 0.404 e. The lowest BCUT2D eigenvalue weighted by atomic mass is 10.1. The first-order chi connectivity index (χ1) is 11.2. The standard InChI is InChI=1S/C17H23N3O3/c18-17(22)23-11-5-1-4-10-19-16(21)9-8-13-12-20-15-7-3-2-6-14(13)15/h2-3,6-7,12,20H,1,4-5,8-11H2,(H2,18,22)(H,19,21). The number of fused-ring (bicyclic) bond motifs is 1. The highest BCUT2D eigenvalue weighted by Gasteiger charge is 2.06. The lowest BCUT2D eigenvalue weighted by Gasteiger charge is -2.05. The molecule has 1 aromatic heterocycles. The third kappa shape index (κ3) is 5.65. The van der Waals surface area contributed by atoms with Gasteiger partial charge in [-0.05, 0) is 37.3 Å². The van der Waals surface area contributed by atoms with Gasteiger partial charge >= 0.3 is 6.09 Å². The van der Waals surface area contributed by atoms with Crippen molar-refractivity contribution in [3.05, 3.63) is 36.0 Å². The van der Waals surface area contributed by atoms with Crippen molar-refractivity contribution in [1.82, 2.24) is 10.3 Å². The number of aryl methyl sites for hydroxylation is 1. The van der Waals surface area contributed by atoms with Gasteiger partial charge in [0.05, 0.1) is 6.61 Å². The van der Waals surface area contributed by atoms with Gasteiger partial charge in [0.15, 0.2) is 0 Å². The summed E-state index contributed by atoms with van der Waals surface area (Å²) in [5.74, 6) is 0.0590. The molecule has 6 heteroatoms. The summed E-state index contributed by atoms with van der Waals surface area (Å²) < 4.78 is 4.63. The zero-order valence-electron chi connectivity index (χ0n) is 13.1. The molecule has 2 rings (SSSR count). The number of hydrogen-bond acceptors (Lipinski definition) is 3. The molecule has 0 radical (unpaired) electrons. The molecule has 4 N–H and O–H groups in total. The fourth-order valence-corrected chi connectivity index (χ4v) is 2.48. The number of primary amides is 1. The Balaban J connectivity index is 1.59. The van der Waals surface area contributed by atoms with E-state index in [-0.39, 0.29) is 5.91 Å². The molecule has 6 nitrogen and oxygen atoms in total. The zero-order valence-corrected chi connectivity index (χ0v) is 13.1. The molecule has 1 aromatic carbocycles. The third-order valence-electron chi connectivity index (χ3n) is 3.68. The van der Waals surface area contributed by atoms with Crippen molar-refractivity contribution in [1.29, 1.82) is 0 Å². The number of carbonyl (C=O) groups excluding carboxylic acids is 2. The van der Waals surface area contributed by atoms with Crippen LogP contribution in [-0.2, 0) is 16.0 Å². The molecule has 0 saturated carbocycles. The van der Waals surface area contributed by atoms with Crippen molar-refractivity contribution in [2.75, 3.05) is 13.2 Å². The van der Waals surface area contributed by atoms with Crippen LogP contribution in [0.25, 0.3) is 10.9 Å². The number of ether oxygens (including phenoxy) is 1. The molecule has 0 bridgehead atoms. The first kappa shape index (κ1) is 16.9. The number of nitrogens with two attached hydrogens (primary N) is 1. The van der Waals surface area contributed by atoms with Gasteiger partial charge in [-0.2, -0.15) is 0 Å². The predicted molar refractivity (Wildman–Crippen MR) is 89.0 cm³/mol. The number of H-pyrrole nitrogens is 1. The second-order valence-corrected chi connectivity index (χ2v) is 5.44. The summed E-state index contributed by atoms with van der Waals surface area (Å²) in [6.07, 6.45) is 4.94. The highest BCUT2D eigenvalue weighted by Crippen LogP contribution is 2.18. The van der Waals surface area contributed by atoms with Gasteiger partial charge in [0.1, 0.15) is 0 Å². The molecule has 0 fully saturated rings. The molecule has 2 amide bonds. The molecule has 23 heavy (non-hydrogen) atoms. The van der Waals surface area contributed by atoms with Crippen molar-refractivity contribution in [3.63, 3.8) is 0 Å². The largest absolute Gasteiger partial charge is 0.450 e. The number of nitrogens with one attached hydrogen (secondary N) is 2. The van der Waals surface area contributed by atoms with Gasteiger partial charge in [-0.25, -0.2) is 4.79 Å². The Morgan fingerprint density at radius 3 is 2.83 bits per heavy atom. The number of unbranched alkanes of at least 4 members (excludes halogenated alkanes) is 2. The molecule has 0 aliphatic heterocycles. The number of hydrogen-bond donors (Lipinski definition) is 3. The van der Waals surface area contributed by atoms with E-state index in [4.69, 9.17) is 5.73 Å². The minimum atomic E-state index is -0.740. The predicted octanol–water partition coefficient (Wildman–Crippen LogP) is 2.48. The quantitative estimate of drug-likeness (QED) is 0.620. The summed E-state index contributed by atoms with van der Waals surface area (Å²) in [4.78, 5) is 25.4. The van der Waals surface area contributed by atoms with Crippen molar-refractivity contribution in [2.45, 2.75) is 32.1 Å². The van der Waals surface area contributed by atoms with Crippen molar-refractivity contribution in [2.24, 2.45) is 5.73 Å². The maximum absolute atomic E-state index is 11.8. The van der Waals surface area contributed by atoms with E-state index in [1.807, 2.05) is 24.4 Å². The molecule has 0 aliphatic rings. The van der Waals surface area contributed by atoms with Crippen LogP contribution in [-0.4, -0.2) is 30.1 Å². The second-order valence-electron chi connectivity index (χ2n) is 5.44. The van der Waals surface area contributed by atoms with Crippen LogP contribution in [0.1, 0.15) is 31.2 Å². The Kier molecular flexibility index (Phi) is 6.47. The van der Waals surface area contributed by atoms with Gasteiger partial charge in [0.25, 0.3) is 0 Å². The van der Waals surface area contributed by atoms with Crippen LogP contribution < -0.4 is 11.1 Å². The first-order valence-corrected chi connectivity index (χ1v) is 7.91. The lowest BCUT2D eigenvalue weighted by Crippen LogP contribution is -2.24. The molecule has 2 aromatic rings. The highest BCUT2D eigenvalue weighted by atomic mass is 16.5. The summed E-state index contributed by atoms with van der Waals surface area (Å²) in [5, 5.41) is 4.09. The summed E-state index contributed by atoms with van der Waals surface area (Å²) in [7, 11) is 0.